The second-order valence-corrected chi connectivity index (χ2v) is 5.10. The smallest absolute Gasteiger partial charge is 0.260 e. The van der Waals surface area contributed by atoms with Gasteiger partial charge in [0.2, 0.25) is 11.8 Å². The number of ketones is 1. The number of amides is 3. The highest BCUT2D eigenvalue weighted by Crippen LogP contribution is 2.11. The maximum absolute atomic E-state index is 12.2. The summed E-state index contributed by atoms with van der Waals surface area (Å²) in [7, 11) is 0. The van der Waals surface area contributed by atoms with E-state index in [-0.39, 0.29) is 10.7 Å². The molecule has 1 aromatic carbocycles. The molecular weight excluding hydrogens is 318 g/mol. The maximum Gasteiger partial charge on any atom is 0.260 e. The summed E-state index contributed by atoms with van der Waals surface area (Å²) >= 11 is 4.89. The molecule has 0 saturated carbocycles. The number of carbonyl (C=O) groups excluding carboxylic acids is 4. The molecular formula is C15H13N3O4S. The molecule has 0 aromatic heterocycles. The second kappa shape index (κ2) is 6.93. The number of Topliss-reactive ketones (excluding diaryl/α,β-unsaturated/α-hetero) is 1. The van der Waals surface area contributed by atoms with Gasteiger partial charge in [0.1, 0.15) is 6.42 Å². The topological polar surface area (TPSA) is 95.6 Å². The zero-order valence-corrected chi connectivity index (χ0v) is 13.0. The highest BCUT2D eigenvalue weighted by atomic mass is 32.1. The molecule has 1 heterocycles. The number of thiocarbonyl (C=S) groups is 1. The third-order valence-electron chi connectivity index (χ3n) is 2.96. The van der Waals surface area contributed by atoms with Crippen LogP contribution in [-0.2, 0) is 19.2 Å². The number of rotatable bonds is 4. The molecule has 2 N–H and O–H groups in total. The van der Waals surface area contributed by atoms with Gasteiger partial charge in [-0.1, -0.05) is 18.2 Å². The Morgan fingerprint density at radius 2 is 1.91 bits per heavy atom. The van der Waals surface area contributed by atoms with Crippen LogP contribution in [0.4, 0.5) is 5.69 Å². The van der Waals surface area contributed by atoms with E-state index < -0.39 is 29.9 Å². The van der Waals surface area contributed by atoms with Crippen molar-refractivity contribution in [1.29, 1.82) is 0 Å². The molecule has 0 radical (unpaired) electrons. The SMILES string of the molecule is CC(=O)/C(=C/N1C(=O)CC(=O)NC1=S)C(=O)Nc1ccccc1. The maximum atomic E-state index is 12.2. The van der Waals surface area contributed by atoms with Crippen molar-refractivity contribution in [3.05, 3.63) is 42.1 Å². The van der Waals surface area contributed by atoms with Crippen LogP contribution in [0.15, 0.2) is 42.1 Å². The Hall–Kier alpha value is -2.87. The van der Waals surface area contributed by atoms with Crippen LogP contribution in [0.25, 0.3) is 0 Å². The predicted molar refractivity (Wildman–Crippen MR) is 86.0 cm³/mol. The van der Waals surface area contributed by atoms with Crippen molar-refractivity contribution >= 4 is 46.5 Å². The molecule has 3 amide bonds. The number of hydrogen-bond donors (Lipinski definition) is 2. The molecule has 0 bridgehead atoms. The van der Waals surface area contributed by atoms with Gasteiger partial charge in [0.25, 0.3) is 5.91 Å². The minimum absolute atomic E-state index is 0.169. The van der Waals surface area contributed by atoms with Gasteiger partial charge in [0.15, 0.2) is 10.9 Å². The zero-order valence-electron chi connectivity index (χ0n) is 12.2. The van der Waals surface area contributed by atoms with E-state index in [1.54, 1.807) is 30.3 Å². The van der Waals surface area contributed by atoms with Crippen LogP contribution < -0.4 is 10.6 Å². The lowest BCUT2D eigenvalue weighted by Gasteiger charge is -2.24. The summed E-state index contributed by atoms with van der Waals surface area (Å²) in [6, 6.07) is 8.56. The molecule has 2 rings (SSSR count). The van der Waals surface area contributed by atoms with Crippen molar-refractivity contribution in [2.45, 2.75) is 13.3 Å². The summed E-state index contributed by atoms with van der Waals surface area (Å²) in [5, 5.41) is 4.69. The van der Waals surface area contributed by atoms with E-state index in [0.717, 1.165) is 11.1 Å². The fourth-order valence-corrected chi connectivity index (χ4v) is 2.12. The molecule has 0 unspecified atom stereocenters. The van der Waals surface area contributed by atoms with Crippen molar-refractivity contribution in [3.8, 4) is 0 Å². The van der Waals surface area contributed by atoms with Gasteiger partial charge in [0, 0.05) is 11.9 Å². The lowest BCUT2D eigenvalue weighted by molar-refractivity contribution is -0.133. The molecule has 1 aliphatic heterocycles. The quantitative estimate of drug-likeness (QED) is 0.367. The normalized spacial score (nSPS) is 15.3. The van der Waals surface area contributed by atoms with E-state index >= 15 is 0 Å². The zero-order chi connectivity index (χ0) is 17.0. The van der Waals surface area contributed by atoms with Gasteiger partial charge < -0.3 is 10.6 Å². The Kier molecular flexibility index (Phi) is 4.97. The first-order chi connectivity index (χ1) is 10.9. The van der Waals surface area contributed by atoms with E-state index in [1.165, 1.54) is 6.92 Å². The Labute approximate surface area is 137 Å². The Bertz CT molecular complexity index is 707. The van der Waals surface area contributed by atoms with Gasteiger partial charge in [-0.25, -0.2) is 0 Å². The average molecular weight is 331 g/mol. The standard InChI is InChI=1S/C15H13N3O4S/c1-9(19)11(14(22)16-10-5-3-2-4-6-10)8-18-13(21)7-12(20)17-15(18)23/h2-6,8H,7H2,1H3,(H,16,22)(H,17,20,23)/b11-8-. The molecule has 23 heavy (non-hydrogen) atoms. The second-order valence-electron chi connectivity index (χ2n) is 4.71. The van der Waals surface area contributed by atoms with Crippen LogP contribution >= 0.6 is 12.2 Å². The minimum atomic E-state index is -0.670. The number of carbonyl (C=O) groups is 4. The Morgan fingerprint density at radius 1 is 1.26 bits per heavy atom. The van der Waals surface area contributed by atoms with Crippen molar-refractivity contribution in [1.82, 2.24) is 10.2 Å². The molecule has 7 nitrogen and oxygen atoms in total. The predicted octanol–water partition coefficient (Wildman–Crippen LogP) is 0.731. The van der Waals surface area contributed by atoms with Gasteiger partial charge >= 0.3 is 0 Å². The van der Waals surface area contributed by atoms with Crippen LogP contribution in [0.3, 0.4) is 0 Å². The molecule has 1 aromatic rings. The van der Waals surface area contributed by atoms with Crippen molar-refractivity contribution in [2.24, 2.45) is 0 Å². The van der Waals surface area contributed by atoms with Crippen LogP contribution in [0.2, 0.25) is 0 Å². The average Bonchev–Trinajstić information content (AvgIpc) is 2.46. The lowest BCUT2D eigenvalue weighted by Crippen LogP contribution is -2.50. The first kappa shape index (κ1) is 16.5. The van der Waals surface area contributed by atoms with Crippen LogP contribution in [0, 0.1) is 0 Å². The third kappa shape index (κ3) is 4.07. The number of anilines is 1. The van der Waals surface area contributed by atoms with E-state index in [2.05, 4.69) is 10.6 Å². The largest absolute Gasteiger partial charge is 0.322 e. The Balaban J connectivity index is 2.25. The first-order valence-corrected chi connectivity index (χ1v) is 7.04. The first-order valence-electron chi connectivity index (χ1n) is 6.63. The monoisotopic (exact) mass is 331 g/mol. The van der Waals surface area contributed by atoms with Gasteiger partial charge in [-0.05, 0) is 31.3 Å². The van der Waals surface area contributed by atoms with Crippen molar-refractivity contribution in [3.63, 3.8) is 0 Å². The lowest BCUT2D eigenvalue weighted by atomic mass is 10.1. The molecule has 0 atom stereocenters. The Morgan fingerprint density at radius 3 is 2.48 bits per heavy atom. The fourth-order valence-electron chi connectivity index (χ4n) is 1.85. The van der Waals surface area contributed by atoms with Gasteiger partial charge in [0.05, 0.1) is 5.57 Å². The summed E-state index contributed by atoms with van der Waals surface area (Å²) in [6.07, 6.45) is 0.646. The summed E-state index contributed by atoms with van der Waals surface area (Å²) in [5.74, 6) is -2.34. The summed E-state index contributed by atoms with van der Waals surface area (Å²) in [5.41, 5.74) is 0.256. The summed E-state index contributed by atoms with van der Waals surface area (Å²) in [4.78, 5) is 47.9. The number of nitrogens with one attached hydrogen (secondary N) is 2. The van der Waals surface area contributed by atoms with Gasteiger partial charge in [-0.3, -0.25) is 24.1 Å². The van der Waals surface area contributed by atoms with Crippen molar-refractivity contribution < 1.29 is 19.2 Å². The van der Waals surface area contributed by atoms with E-state index in [9.17, 15) is 19.2 Å². The highest BCUT2D eigenvalue weighted by molar-refractivity contribution is 7.80. The number of benzene rings is 1. The van der Waals surface area contributed by atoms with E-state index in [0.29, 0.717) is 5.69 Å². The minimum Gasteiger partial charge on any atom is -0.322 e. The van der Waals surface area contributed by atoms with E-state index in [1.807, 2.05) is 0 Å². The van der Waals surface area contributed by atoms with Crippen molar-refractivity contribution in [2.75, 3.05) is 5.32 Å². The van der Waals surface area contributed by atoms with Crippen LogP contribution in [0.5, 0.6) is 0 Å². The van der Waals surface area contributed by atoms with Gasteiger partial charge in [-0.2, -0.15) is 0 Å². The van der Waals surface area contributed by atoms with Crippen LogP contribution in [0.1, 0.15) is 13.3 Å². The fraction of sp³-hybridized carbons (Fsp3) is 0.133. The molecule has 118 valence electrons. The van der Waals surface area contributed by atoms with E-state index in [4.69, 9.17) is 12.2 Å². The van der Waals surface area contributed by atoms with Crippen LogP contribution in [-0.4, -0.2) is 33.5 Å². The summed E-state index contributed by atoms with van der Waals surface area (Å²) < 4.78 is 0. The number of para-hydroxylation sites is 1. The highest BCUT2D eigenvalue weighted by Gasteiger charge is 2.28. The molecule has 1 saturated heterocycles. The molecule has 0 spiro atoms. The molecule has 1 aliphatic rings. The van der Waals surface area contributed by atoms with Gasteiger partial charge in [-0.15, -0.1) is 0 Å². The number of hydrogen-bond acceptors (Lipinski definition) is 5. The molecule has 8 heteroatoms. The summed E-state index contributed by atoms with van der Waals surface area (Å²) in [6.45, 7) is 1.20. The number of nitrogens with zero attached hydrogens (tertiary/aromatic N) is 1. The molecule has 0 aliphatic carbocycles. The third-order valence-corrected chi connectivity index (χ3v) is 3.26. The molecule has 1 fully saturated rings.